The molecule has 13 heteroatoms. The quantitative estimate of drug-likeness (QED) is 0.378. The van der Waals surface area contributed by atoms with Crippen LogP contribution in [0.1, 0.15) is 60.6 Å². The van der Waals surface area contributed by atoms with Gasteiger partial charge in [-0.05, 0) is 62.6 Å². The predicted molar refractivity (Wildman–Crippen MR) is 142 cm³/mol. The Morgan fingerprint density at radius 2 is 1.88 bits per heavy atom. The molecule has 1 fully saturated rings. The van der Waals surface area contributed by atoms with Gasteiger partial charge in [-0.15, -0.1) is 0 Å². The lowest BCUT2D eigenvalue weighted by molar-refractivity contribution is -0.141. The van der Waals surface area contributed by atoms with Gasteiger partial charge in [0.2, 0.25) is 5.62 Å². The lowest BCUT2D eigenvalue weighted by Gasteiger charge is -2.32. The van der Waals surface area contributed by atoms with E-state index in [4.69, 9.17) is 15.3 Å². The molecule has 3 aromatic rings. The number of halogens is 3. The first-order valence-electron chi connectivity index (χ1n) is 13.7. The van der Waals surface area contributed by atoms with Crippen molar-refractivity contribution in [3.8, 4) is 16.9 Å². The fourth-order valence-electron chi connectivity index (χ4n) is 5.93. The van der Waals surface area contributed by atoms with Gasteiger partial charge in [0.15, 0.2) is 11.5 Å². The number of carbonyl (C=O) groups excluding carboxylic acids is 1. The molecule has 220 valence electrons. The van der Waals surface area contributed by atoms with Crippen molar-refractivity contribution in [3.05, 3.63) is 53.2 Å². The second-order valence-corrected chi connectivity index (χ2v) is 10.9. The first kappa shape index (κ1) is 28.5. The first-order chi connectivity index (χ1) is 19.4. The molecule has 2 aliphatic rings. The van der Waals surface area contributed by atoms with Crippen molar-refractivity contribution >= 4 is 11.9 Å². The number of nitrogens with one attached hydrogen (secondary N) is 2. The Kier molecular flexibility index (Phi) is 7.71. The fraction of sp³-hybridized carbons (Fsp3) is 0.500. The van der Waals surface area contributed by atoms with Crippen LogP contribution in [0.25, 0.3) is 11.1 Å². The average molecular weight is 575 g/mol. The van der Waals surface area contributed by atoms with Crippen molar-refractivity contribution < 1.29 is 32.6 Å². The molecule has 1 amide bonds. The Balaban J connectivity index is 1.50. The zero-order valence-corrected chi connectivity index (χ0v) is 22.9. The van der Waals surface area contributed by atoms with Crippen LogP contribution < -0.4 is 15.7 Å². The minimum Gasteiger partial charge on any atom is -0.491 e. The van der Waals surface area contributed by atoms with Gasteiger partial charge in [-0.1, -0.05) is 0 Å². The Bertz CT molecular complexity index is 1510. The smallest absolute Gasteiger partial charge is 0.435 e. The van der Waals surface area contributed by atoms with E-state index in [1.807, 2.05) is 0 Å². The highest BCUT2D eigenvalue weighted by molar-refractivity contribution is 6.03. The molecule has 1 atom stereocenters. The zero-order valence-electron chi connectivity index (χ0n) is 22.9. The number of alkyl halides is 3. The minimum absolute atomic E-state index is 0.0546. The van der Waals surface area contributed by atoms with E-state index in [1.165, 1.54) is 10.9 Å². The largest absolute Gasteiger partial charge is 0.491 e. The van der Waals surface area contributed by atoms with Crippen molar-refractivity contribution in [1.82, 2.24) is 24.2 Å². The lowest BCUT2D eigenvalue weighted by Crippen LogP contribution is -2.37. The molecule has 0 bridgehead atoms. The molecule has 1 saturated carbocycles. The number of rotatable bonds is 7. The molecule has 0 radical (unpaired) electrons. The summed E-state index contributed by atoms with van der Waals surface area (Å²) >= 11 is 0. The summed E-state index contributed by atoms with van der Waals surface area (Å²) in [5, 5.41) is 23.5. The molecule has 3 heterocycles. The summed E-state index contributed by atoms with van der Waals surface area (Å²) in [6, 6.07) is 3.16. The number of carbonyl (C=O) groups is 2. The molecular weight excluding hydrogens is 541 g/mol. The van der Waals surface area contributed by atoms with Crippen LogP contribution >= 0.6 is 0 Å². The summed E-state index contributed by atoms with van der Waals surface area (Å²) in [6.45, 7) is 2.17. The maximum Gasteiger partial charge on any atom is 0.435 e. The molecule has 3 N–H and O–H groups in total. The molecule has 2 aromatic heterocycles. The highest BCUT2D eigenvalue weighted by Crippen LogP contribution is 2.44. The molecule has 5 rings (SSSR count). The molecule has 0 saturated heterocycles. The molecule has 0 unspecified atom stereocenters. The Labute approximate surface area is 234 Å². The second kappa shape index (κ2) is 11.1. The first-order valence-corrected chi connectivity index (χ1v) is 13.7. The van der Waals surface area contributed by atoms with Crippen LogP contribution in [-0.4, -0.2) is 48.5 Å². The molecule has 41 heavy (non-hydrogen) atoms. The number of aromatic nitrogens is 4. The van der Waals surface area contributed by atoms with E-state index in [0.29, 0.717) is 24.8 Å². The van der Waals surface area contributed by atoms with E-state index >= 15 is 0 Å². The van der Waals surface area contributed by atoms with Gasteiger partial charge in [0, 0.05) is 49.4 Å². The molecule has 1 aromatic carbocycles. The highest BCUT2D eigenvalue weighted by Gasteiger charge is 2.40. The maximum absolute atomic E-state index is 14.1. The summed E-state index contributed by atoms with van der Waals surface area (Å²) in [5.74, 6) is -0.305. The maximum atomic E-state index is 14.1. The van der Waals surface area contributed by atoms with Gasteiger partial charge in [-0.25, -0.2) is 4.79 Å². The highest BCUT2D eigenvalue weighted by atomic mass is 19.4. The third kappa shape index (κ3) is 5.89. The zero-order chi connectivity index (χ0) is 29.5. The van der Waals surface area contributed by atoms with Gasteiger partial charge >= 0.3 is 12.3 Å². The van der Waals surface area contributed by atoms with Gasteiger partial charge in [-0.3, -0.25) is 14.9 Å². The van der Waals surface area contributed by atoms with Crippen LogP contribution in [0, 0.1) is 17.2 Å². The number of fused-ring (bicyclic) bond motifs is 1. The topological polar surface area (TPSA) is 127 Å². The number of aryl methyl sites for hydroxylation is 2. The van der Waals surface area contributed by atoms with Gasteiger partial charge in [0.25, 0.3) is 0 Å². The van der Waals surface area contributed by atoms with Crippen LogP contribution in [-0.2, 0) is 26.3 Å². The molecule has 10 nitrogen and oxygen atoms in total. The number of nitrogens with zero attached hydrogens (tertiary/aromatic N) is 4. The third-order valence-corrected chi connectivity index (χ3v) is 8.08. The lowest BCUT2D eigenvalue weighted by atomic mass is 9.78. The molecule has 1 aliphatic heterocycles. The third-order valence-electron chi connectivity index (χ3n) is 8.08. The Morgan fingerprint density at radius 1 is 1.17 bits per heavy atom. The van der Waals surface area contributed by atoms with Gasteiger partial charge in [0.05, 0.1) is 24.6 Å². The van der Waals surface area contributed by atoms with Crippen LogP contribution in [0.2, 0.25) is 0 Å². The van der Waals surface area contributed by atoms with Crippen molar-refractivity contribution in [2.75, 3.05) is 6.61 Å². The number of Topliss-reactive ketones (excluding diaryl/α,β-unsaturated/α-hetero) is 1. The summed E-state index contributed by atoms with van der Waals surface area (Å²) in [5.41, 5.74) is -0.0458. The van der Waals surface area contributed by atoms with Crippen LogP contribution in [0.15, 0.2) is 30.7 Å². The van der Waals surface area contributed by atoms with E-state index in [9.17, 15) is 22.8 Å². The van der Waals surface area contributed by atoms with Crippen molar-refractivity contribution in [3.63, 3.8) is 0 Å². The van der Waals surface area contributed by atoms with Crippen molar-refractivity contribution in [2.45, 2.75) is 64.3 Å². The fourth-order valence-corrected chi connectivity index (χ4v) is 5.93. The number of hydrogen-bond donors (Lipinski definition) is 3. The van der Waals surface area contributed by atoms with E-state index in [1.54, 1.807) is 47.6 Å². The van der Waals surface area contributed by atoms with Crippen molar-refractivity contribution in [2.24, 2.45) is 18.9 Å². The Hall–Kier alpha value is -4.03. The van der Waals surface area contributed by atoms with Gasteiger partial charge in [-0.2, -0.15) is 18.3 Å². The average Bonchev–Trinajstić information content (AvgIpc) is 3.50. The van der Waals surface area contributed by atoms with Crippen LogP contribution in [0.3, 0.4) is 0 Å². The van der Waals surface area contributed by atoms with E-state index in [0.717, 1.165) is 12.8 Å². The number of benzene rings is 1. The van der Waals surface area contributed by atoms with E-state index in [2.05, 4.69) is 10.4 Å². The van der Waals surface area contributed by atoms with Crippen LogP contribution in [0.5, 0.6) is 5.75 Å². The number of ketones is 1. The predicted octanol–water partition coefficient (Wildman–Crippen LogP) is 4.66. The summed E-state index contributed by atoms with van der Waals surface area (Å²) in [6.07, 6.45) is 2.47. The van der Waals surface area contributed by atoms with E-state index in [-0.39, 0.29) is 65.5 Å². The van der Waals surface area contributed by atoms with Gasteiger partial charge in [0.1, 0.15) is 5.75 Å². The number of ether oxygens (including phenoxy) is 1. The van der Waals surface area contributed by atoms with Crippen LogP contribution in [0.4, 0.5) is 18.0 Å². The van der Waals surface area contributed by atoms with E-state index < -0.39 is 23.9 Å². The minimum atomic E-state index is -4.71. The second-order valence-electron chi connectivity index (χ2n) is 10.9. The summed E-state index contributed by atoms with van der Waals surface area (Å²) < 4.78 is 52.7. The van der Waals surface area contributed by atoms with Gasteiger partial charge < -0.3 is 24.3 Å². The molecule has 1 aliphatic carbocycles. The number of imidazole rings is 1. The number of amides is 1. The standard InChI is InChI=1S/C28H33F3N6O4/c1-3-37-14-22(25(34-37)28(29,30)31)20-11-17(13-36-9-8-35(2)26(36)32)12-21-23(38)18(15-41-24(20)21)10-16-4-6-19(7-5-16)33-27(39)40/h8-9,11-12,14,16,18-19,32-33H,3-7,10,13,15H2,1-2H3,(H,39,40)/t16?,18-,19?/m1/s1. The SMILES string of the molecule is CCn1cc(-c2cc(Cn3ccn(C)c3=N)cc3c2OC[C@@H](CC2CCC(NC(=O)O)CC2)C3=O)c(C(F)(F)F)n1. The number of hydrogen-bond acceptors (Lipinski definition) is 5. The monoisotopic (exact) mass is 574 g/mol. The molecular formula is C28H33F3N6O4. The number of carboxylic acid groups (broad SMARTS) is 1. The normalized spacial score (nSPS) is 20.9. The summed E-state index contributed by atoms with van der Waals surface area (Å²) in [7, 11) is 1.72. The Morgan fingerprint density at radius 3 is 2.49 bits per heavy atom. The van der Waals surface area contributed by atoms with Crippen molar-refractivity contribution in [1.29, 1.82) is 5.41 Å². The molecule has 0 spiro atoms. The summed E-state index contributed by atoms with van der Waals surface area (Å²) in [4.78, 5) is 24.8.